The molecular weight excluding hydrogens is 235 g/mol. The van der Waals surface area contributed by atoms with Gasteiger partial charge in [0.1, 0.15) is 0 Å². The number of carbonyl (C=O) groups is 1. The molecular formula is C11H10Cl2O2. The van der Waals surface area contributed by atoms with Crippen LogP contribution in [0.1, 0.15) is 12.5 Å². The Kier molecular flexibility index (Phi) is 4.66. The highest BCUT2D eigenvalue weighted by Gasteiger charge is 1.97. The fourth-order valence-corrected chi connectivity index (χ4v) is 1.57. The Hall–Kier alpha value is -0.990. The first-order valence-corrected chi connectivity index (χ1v) is 5.18. The van der Waals surface area contributed by atoms with Crippen molar-refractivity contribution in [3.8, 4) is 0 Å². The second-order valence-electron chi connectivity index (χ2n) is 2.79. The molecule has 1 aromatic carbocycles. The van der Waals surface area contributed by atoms with Gasteiger partial charge in [-0.3, -0.25) is 0 Å². The number of halogens is 2. The standard InChI is InChI=1S/C11H10Cl2O2/c1-2-15-11(14)4-3-8-5-9(12)7-10(13)6-8/h3-7H,2H2,1H3. The van der Waals surface area contributed by atoms with E-state index in [0.717, 1.165) is 5.56 Å². The topological polar surface area (TPSA) is 26.3 Å². The molecule has 80 valence electrons. The zero-order valence-corrected chi connectivity index (χ0v) is 9.68. The maximum Gasteiger partial charge on any atom is 0.330 e. The second kappa shape index (κ2) is 5.79. The molecule has 0 spiro atoms. The number of hydrogen-bond donors (Lipinski definition) is 0. The van der Waals surface area contributed by atoms with E-state index in [-0.39, 0.29) is 5.97 Å². The van der Waals surface area contributed by atoms with E-state index in [9.17, 15) is 4.79 Å². The van der Waals surface area contributed by atoms with E-state index in [2.05, 4.69) is 0 Å². The van der Waals surface area contributed by atoms with E-state index in [0.29, 0.717) is 16.7 Å². The zero-order chi connectivity index (χ0) is 11.3. The molecule has 0 N–H and O–H groups in total. The van der Waals surface area contributed by atoms with Crippen molar-refractivity contribution in [2.24, 2.45) is 0 Å². The molecule has 0 aliphatic carbocycles. The van der Waals surface area contributed by atoms with Gasteiger partial charge in [0.15, 0.2) is 0 Å². The van der Waals surface area contributed by atoms with Crippen molar-refractivity contribution in [1.29, 1.82) is 0 Å². The third-order valence-corrected chi connectivity index (χ3v) is 2.02. The molecule has 0 heterocycles. The van der Waals surface area contributed by atoms with Crippen LogP contribution in [0.4, 0.5) is 0 Å². The number of benzene rings is 1. The molecule has 0 aliphatic rings. The molecule has 1 aromatic rings. The monoisotopic (exact) mass is 244 g/mol. The van der Waals surface area contributed by atoms with Gasteiger partial charge in [-0.25, -0.2) is 4.79 Å². The third kappa shape index (κ3) is 4.36. The predicted molar refractivity (Wildman–Crippen MR) is 62.1 cm³/mol. The van der Waals surface area contributed by atoms with Crippen molar-refractivity contribution >= 4 is 35.2 Å². The van der Waals surface area contributed by atoms with Gasteiger partial charge >= 0.3 is 5.97 Å². The molecule has 0 aromatic heterocycles. The van der Waals surface area contributed by atoms with E-state index in [1.807, 2.05) is 0 Å². The van der Waals surface area contributed by atoms with E-state index >= 15 is 0 Å². The first-order chi connectivity index (χ1) is 7.11. The molecule has 0 amide bonds. The van der Waals surface area contributed by atoms with Gasteiger partial charge in [0, 0.05) is 16.1 Å². The van der Waals surface area contributed by atoms with Gasteiger partial charge in [-0.2, -0.15) is 0 Å². The van der Waals surface area contributed by atoms with Crippen LogP contribution < -0.4 is 0 Å². The minimum atomic E-state index is -0.381. The van der Waals surface area contributed by atoms with E-state index < -0.39 is 0 Å². The third-order valence-electron chi connectivity index (χ3n) is 1.58. The Labute approximate surface area is 98.4 Å². The Morgan fingerprint density at radius 1 is 1.33 bits per heavy atom. The first-order valence-electron chi connectivity index (χ1n) is 4.42. The molecule has 0 radical (unpaired) electrons. The highest BCUT2D eigenvalue weighted by atomic mass is 35.5. The molecule has 1 rings (SSSR count). The maximum atomic E-state index is 11.0. The molecule has 15 heavy (non-hydrogen) atoms. The minimum Gasteiger partial charge on any atom is -0.463 e. The van der Waals surface area contributed by atoms with Crippen molar-refractivity contribution in [3.05, 3.63) is 39.9 Å². The second-order valence-corrected chi connectivity index (χ2v) is 3.66. The largest absolute Gasteiger partial charge is 0.463 e. The summed E-state index contributed by atoms with van der Waals surface area (Å²) >= 11 is 11.6. The molecule has 0 unspecified atom stereocenters. The van der Waals surface area contributed by atoms with Gasteiger partial charge in [0.2, 0.25) is 0 Å². The lowest BCUT2D eigenvalue weighted by Gasteiger charge is -1.97. The van der Waals surface area contributed by atoms with E-state index in [4.69, 9.17) is 27.9 Å². The Morgan fingerprint density at radius 3 is 2.47 bits per heavy atom. The Morgan fingerprint density at radius 2 is 1.93 bits per heavy atom. The highest BCUT2D eigenvalue weighted by molar-refractivity contribution is 6.34. The summed E-state index contributed by atoms with van der Waals surface area (Å²) < 4.78 is 4.73. The van der Waals surface area contributed by atoms with Crippen LogP contribution >= 0.6 is 23.2 Å². The van der Waals surface area contributed by atoms with Crippen LogP contribution in [0, 0.1) is 0 Å². The Bertz CT molecular complexity index is 366. The summed E-state index contributed by atoms with van der Waals surface area (Å²) in [5.74, 6) is -0.381. The summed E-state index contributed by atoms with van der Waals surface area (Å²) in [7, 11) is 0. The zero-order valence-electron chi connectivity index (χ0n) is 8.17. The van der Waals surface area contributed by atoms with Crippen LogP contribution in [0.15, 0.2) is 24.3 Å². The lowest BCUT2D eigenvalue weighted by Crippen LogP contribution is -1.98. The fraction of sp³-hybridized carbons (Fsp3) is 0.182. The molecule has 0 fully saturated rings. The summed E-state index contributed by atoms with van der Waals surface area (Å²) in [4.78, 5) is 11.0. The first kappa shape index (κ1) is 12.1. The molecule has 0 saturated heterocycles. The molecule has 2 nitrogen and oxygen atoms in total. The van der Waals surface area contributed by atoms with Crippen molar-refractivity contribution < 1.29 is 9.53 Å². The smallest absolute Gasteiger partial charge is 0.330 e. The minimum absolute atomic E-state index is 0.361. The molecule has 0 atom stereocenters. The predicted octanol–water partition coefficient (Wildman–Crippen LogP) is 3.57. The summed E-state index contributed by atoms with van der Waals surface area (Å²) in [5.41, 5.74) is 0.764. The van der Waals surface area contributed by atoms with Crippen LogP contribution in [-0.4, -0.2) is 12.6 Å². The lowest BCUT2D eigenvalue weighted by atomic mass is 10.2. The van der Waals surface area contributed by atoms with Crippen molar-refractivity contribution in [1.82, 2.24) is 0 Å². The van der Waals surface area contributed by atoms with E-state index in [1.165, 1.54) is 6.08 Å². The van der Waals surface area contributed by atoms with Gasteiger partial charge < -0.3 is 4.74 Å². The number of hydrogen-bond acceptors (Lipinski definition) is 2. The molecule has 0 aliphatic heterocycles. The molecule has 4 heteroatoms. The van der Waals surface area contributed by atoms with Crippen molar-refractivity contribution in [2.75, 3.05) is 6.61 Å². The normalized spacial score (nSPS) is 10.6. The van der Waals surface area contributed by atoms with Gasteiger partial charge in [0.25, 0.3) is 0 Å². The summed E-state index contributed by atoms with van der Waals surface area (Å²) in [5, 5.41) is 1.07. The fourth-order valence-electron chi connectivity index (χ4n) is 1.03. The average molecular weight is 245 g/mol. The maximum absolute atomic E-state index is 11.0. The van der Waals surface area contributed by atoms with Gasteiger partial charge in [-0.15, -0.1) is 0 Å². The van der Waals surface area contributed by atoms with Crippen molar-refractivity contribution in [2.45, 2.75) is 6.92 Å². The molecule has 0 saturated carbocycles. The summed E-state index contributed by atoms with van der Waals surface area (Å²) in [6.07, 6.45) is 2.95. The SMILES string of the molecule is CCOC(=O)C=Cc1cc(Cl)cc(Cl)c1. The van der Waals surface area contributed by atoms with Gasteiger partial charge in [-0.1, -0.05) is 23.2 Å². The lowest BCUT2D eigenvalue weighted by molar-refractivity contribution is -0.137. The Balaban J connectivity index is 2.76. The highest BCUT2D eigenvalue weighted by Crippen LogP contribution is 2.19. The van der Waals surface area contributed by atoms with E-state index in [1.54, 1.807) is 31.2 Å². The number of esters is 1. The number of carbonyl (C=O) groups excluding carboxylic acids is 1. The van der Waals surface area contributed by atoms with Crippen LogP contribution in [0.5, 0.6) is 0 Å². The number of ether oxygens (including phenoxy) is 1. The summed E-state index contributed by atoms with van der Waals surface area (Å²) in [6.45, 7) is 2.11. The van der Waals surface area contributed by atoms with Crippen LogP contribution in [0.2, 0.25) is 10.0 Å². The molecule has 0 bridgehead atoms. The van der Waals surface area contributed by atoms with Gasteiger partial charge in [0.05, 0.1) is 6.61 Å². The van der Waals surface area contributed by atoms with Crippen LogP contribution in [0.25, 0.3) is 6.08 Å². The average Bonchev–Trinajstić information content (AvgIpc) is 2.14. The van der Waals surface area contributed by atoms with Crippen LogP contribution in [-0.2, 0) is 9.53 Å². The summed E-state index contributed by atoms with van der Waals surface area (Å²) in [6, 6.07) is 5.05. The number of rotatable bonds is 3. The van der Waals surface area contributed by atoms with Crippen LogP contribution in [0.3, 0.4) is 0 Å². The quantitative estimate of drug-likeness (QED) is 0.601. The van der Waals surface area contributed by atoms with Gasteiger partial charge in [-0.05, 0) is 36.8 Å². The van der Waals surface area contributed by atoms with Crippen molar-refractivity contribution in [3.63, 3.8) is 0 Å².